The van der Waals surface area contributed by atoms with Gasteiger partial charge in [-0.2, -0.15) is 0 Å². The highest BCUT2D eigenvalue weighted by Crippen LogP contribution is 2.21. The summed E-state index contributed by atoms with van der Waals surface area (Å²) in [6, 6.07) is 8.39. The molecule has 0 aliphatic carbocycles. The second kappa shape index (κ2) is 6.91. The van der Waals surface area contributed by atoms with Gasteiger partial charge in [-0.3, -0.25) is 0 Å². The van der Waals surface area contributed by atoms with Gasteiger partial charge in [0, 0.05) is 12.6 Å². The summed E-state index contributed by atoms with van der Waals surface area (Å²) >= 11 is 0. The van der Waals surface area contributed by atoms with E-state index >= 15 is 0 Å². The van der Waals surface area contributed by atoms with E-state index in [9.17, 15) is 0 Å². The number of rotatable bonds is 7. The van der Waals surface area contributed by atoms with Crippen molar-refractivity contribution in [2.24, 2.45) is 0 Å². The maximum absolute atomic E-state index is 5.59. The maximum atomic E-state index is 5.59. The van der Waals surface area contributed by atoms with Gasteiger partial charge in [-0.15, -0.1) is 5.10 Å². The van der Waals surface area contributed by atoms with E-state index in [-0.39, 0.29) is 0 Å². The molecule has 0 fully saturated rings. The molecule has 0 unspecified atom stereocenters. The summed E-state index contributed by atoms with van der Waals surface area (Å²) in [6.45, 7) is 4.14. The minimum absolute atomic E-state index is 0.504. The molecule has 0 bridgehead atoms. The summed E-state index contributed by atoms with van der Waals surface area (Å²) in [7, 11) is 3.58. The van der Waals surface area contributed by atoms with Crippen molar-refractivity contribution in [3.05, 3.63) is 35.7 Å². The Labute approximate surface area is 118 Å². The lowest BCUT2D eigenvalue weighted by molar-refractivity contribution is 0.408. The van der Waals surface area contributed by atoms with Gasteiger partial charge < -0.3 is 19.4 Å². The van der Waals surface area contributed by atoms with Gasteiger partial charge in [0.1, 0.15) is 5.75 Å². The fourth-order valence-corrected chi connectivity index (χ4v) is 1.86. The first kappa shape index (κ1) is 14.3. The minimum Gasteiger partial charge on any atom is -0.496 e. The Morgan fingerprint density at radius 2 is 2.10 bits per heavy atom. The second-order valence-electron chi connectivity index (χ2n) is 4.43. The fourth-order valence-electron chi connectivity index (χ4n) is 1.86. The van der Waals surface area contributed by atoms with Crippen LogP contribution in [0.1, 0.15) is 18.4 Å². The van der Waals surface area contributed by atoms with Gasteiger partial charge in [-0.1, -0.05) is 30.2 Å². The smallest absolute Gasteiger partial charge is 0.318 e. The second-order valence-corrected chi connectivity index (χ2v) is 4.43. The normalized spacial score (nSPS) is 10.6. The van der Waals surface area contributed by atoms with Crippen LogP contribution in [0.25, 0.3) is 0 Å². The van der Waals surface area contributed by atoms with Gasteiger partial charge in [-0.25, -0.2) is 0 Å². The lowest BCUT2D eigenvalue weighted by Crippen LogP contribution is -2.17. The van der Waals surface area contributed by atoms with E-state index in [4.69, 9.17) is 9.15 Å². The third-order valence-corrected chi connectivity index (χ3v) is 2.91. The lowest BCUT2D eigenvalue weighted by Gasteiger charge is -2.15. The average Bonchev–Trinajstić information content (AvgIpc) is 2.94. The molecule has 0 atom stereocenters. The number of hydrogen-bond donors (Lipinski definition) is 1. The summed E-state index contributed by atoms with van der Waals surface area (Å²) in [5.74, 6) is 1.44. The number of benzene rings is 1. The van der Waals surface area contributed by atoms with Gasteiger partial charge in [0.15, 0.2) is 0 Å². The Bertz CT molecular complexity index is 541. The number of nitrogens with zero attached hydrogens (tertiary/aromatic N) is 3. The number of nitrogens with one attached hydrogen (secondary N) is 1. The highest BCUT2D eigenvalue weighted by Gasteiger charge is 2.12. The zero-order valence-electron chi connectivity index (χ0n) is 12.1. The topological polar surface area (TPSA) is 63.4 Å². The monoisotopic (exact) mass is 276 g/mol. The molecule has 0 saturated heterocycles. The van der Waals surface area contributed by atoms with Crippen molar-refractivity contribution in [3.63, 3.8) is 0 Å². The molecule has 6 heteroatoms. The van der Waals surface area contributed by atoms with E-state index in [1.165, 1.54) is 0 Å². The Morgan fingerprint density at radius 3 is 2.85 bits per heavy atom. The van der Waals surface area contributed by atoms with Gasteiger partial charge in [0.25, 0.3) is 0 Å². The van der Waals surface area contributed by atoms with Crippen molar-refractivity contribution in [1.82, 2.24) is 15.5 Å². The molecule has 0 spiro atoms. The van der Waals surface area contributed by atoms with Crippen molar-refractivity contribution < 1.29 is 9.15 Å². The first-order chi connectivity index (χ1) is 9.74. The molecule has 0 amide bonds. The fraction of sp³-hybridized carbons (Fsp3) is 0.429. The number of anilines is 1. The van der Waals surface area contributed by atoms with E-state index < -0.39 is 0 Å². The largest absolute Gasteiger partial charge is 0.496 e. The molecule has 0 radical (unpaired) electrons. The molecule has 2 aromatic rings. The lowest BCUT2D eigenvalue weighted by atomic mass is 10.2. The number of ether oxygens (including phenoxy) is 1. The highest BCUT2D eigenvalue weighted by molar-refractivity contribution is 5.37. The van der Waals surface area contributed by atoms with Crippen molar-refractivity contribution in [3.8, 4) is 5.75 Å². The Hall–Kier alpha value is -2.08. The summed E-state index contributed by atoms with van der Waals surface area (Å²) in [5, 5.41) is 11.2. The first-order valence-corrected chi connectivity index (χ1v) is 6.60. The molecule has 0 saturated carbocycles. The summed E-state index contributed by atoms with van der Waals surface area (Å²) < 4.78 is 10.9. The first-order valence-electron chi connectivity index (χ1n) is 6.60. The Balaban J connectivity index is 2.04. The molecule has 1 aromatic heterocycles. The number of hydrogen-bond acceptors (Lipinski definition) is 6. The van der Waals surface area contributed by atoms with Gasteiger partial charge >= 0.3 is 6.01 Å². The van der Waals surface area contributed by atoms with Gasteiger partial charge in [-0.05, 0) is 12.6 Å². The molecule has 1 aromatic carbocycles. The van der Waals surface area contributed by atoms with E-state index in [0.717, 1.165) is 17.9 Å². The number of para-hydroxylation sites is 1. The molecule has 6 nitrogen and oxygen atoms in total. The summed E-state index contributed by atoms with van der Waals surface area (Å²) in [4.78, 5) is 1.90. The molecule has 0 aliphatic rings. The van der Waals surface area contributed by atoms with Crippen molar-refractivity contribution >= 4 is 6.01 Å². The van der Waals surface area contributed by atoms with E-state index in [1.54, 1.807) is 7.11 Å². The van der Waals surface area contributed by atoms with Crippen LogP contribution in [-0.2, 0) is 13.1 Å². The molecule has 1 N–H and O–H groups in total. The van der Waals surface area contributed by atoms with Crippen LogP contribution in [0.3, 0.4) is 0 Å². The van der Waals surface area contributed by atoms with Crippen LogP contribution in [0.15, 0.2) is 28.7 Å². The van der Waals surface area contributed by atoms with Crippen LogP contribution < -0.4 is 15.0 Å². The molecule has 1 heterocycles. The standard InChI is InChI=1S/C14H20N4O2/c1-4-15-9-13-16-17-14(20-13)18(2)10-11-7-5-6-8-12(11)19-3/h5-8,15H,4,9-10H2,1-3H3. The molecular weight excluding hydrogens is 256 g/mol. The molecule has 0 aliphatic heterocycles. The average molecular weight is 276 g/mol. The van der Waals surface area contributed by atoms with Crippen LogP contribution in [0.4, 0.5) is 6.01 Å². The molecule has 108 valence electrons. The highest BCUT2D eigenvalue weighted by atomic mass is 16.5. The molecule has 20 heavy (non-hydrogen) atoms. The zero-order valence-corrected chi connectivity index (χ0v) is 12.1. The number of methoxy groups -OCH3 is 1. The van der Waals surface area contributed by atoms with Crippen molar-refractivity contribution in [1.29, 1.82) is 0 Å². The predicted molar refractivity (Wildman–Crippen MR) is 76.8 cm³/mol. The van der Waals surface area contributed by atoms with Crippen LogP contribution in [-0.4, -0.2) is 30.9 Å². The molecular formula is C14H20N4O2. The third kappa shape index (κ3) is 3.48. The number of aromatic nitrogens is 2. The van der Waals surface area contributed by atoms with Gasteiger partial charge in [0.2, 0.25) is 5.89 Å². The Morgan fingerprint density at radius 1 is 1.30 bits per heavy atom. The van der Waals surface area contributed by atoms with Crippen LogP contribution in [0, 0.1) is 0 Å². The zero-order chi connectivity index (χ0) is 14.4. The summed E-state index contributed by atoms with van der Waals surface area (Å²) in [5.41, 5.74) is 1.07. The van der Waals surface area contributed by atoms with Crippen molar-refractivity contribution in [2.75, 3.05) is 25.6 Å². The SMILES string of the molecule is CCNCc1nnc(N(C)Cc2ccccc2OC)o1. The van der Waals surface area contributed by atoms with Gasteiger partial charge in [0.05, 0.1) is 20.2 Å². The maximum Gasteiger partial charge on any atom is 0.318 e. The minimum atomic E-state index is 0.504. The third-order valence-electron chi connectivity index (χ3n) is 2.91. The quantitative estimate of drug-likeness (QED) is 0.832. The van der Waals surface area contributed by atoms with Crippen LogP contribution in [0.2, 0.25) is 0 Å². The van der Waals surface area contributed by atoms with Crippen molar-refractivity contribution in [2.45, 2.75) is 20.0 Å². The van der Waals surface area contributed by atoms with Crippen LogP contribution in [0.5, 0.6) is 5.75 Å². The van der Waals surface area contributed by atoms with E-state index in [1.807, 2.05) is 43.1 Å². The Kier molecular flexibility index (Phi) is 4.95. The van der Waals surface area contributed by atoms with E-state index in [0.29, 0.717) is 25.0 Å². The molecule has 2 rings (SSSR count). The predicted octanol–water partition coefficient (Wildman–Crippen LogP) is 1.82. The summed E-state index contributed by atoms with van der Waals surface area (Å²) in [6.07, 6.45) is 0. The van der Waals surface area contributed by atoms with E-state index in [2.05, 4.69) is 15.5 Å². The van der Waals surface area contributed by atoms with Crippen LogP contribution >= 0.6 is 0 Å².